The molecular formula is C28H33NO5. The Kier molecular flexibility index (Phi) is 7.62. The minimum atomic E-state index is -1.26. The predicted molar refractivity (Wildman–Crippen MR) is 133 cm³/mol. The summed E-state index contributed by atoms with van der Waals surface area (Å²) in [6.45, 7) is 9.68. The Balaban J connectivity index is 2.07. The third kappa shape index (κ3) is 5.57. The number of benzene rings is 2. The maximum Gasteiger partial charge on any atom is 0.328 e. The number of carboxylic acids is 1. The molecule has 0 bridgehead atoms. The normalized spacial score (nSPS) is 18.6. The van der Waals surface area contributed by atoms with Crippen molar-refractivity contribution >= 4 is 18.0 Å². The van der Waals surface area contributed by atoms with Gasteiger partial charge in [-0.3, -0.25) is 10.0 Å². The summed E-state index contributed by atoms with van der Waals surface area (Å²) in [6, 6.07) is 13.7. The van der Waals surface area contributed by atoms with Gasteiger partial charge in [0.25, 0.3) is 5.91 Å². The van der Waals surface area contributed by atoms with Crippen molar-refractivity contribution in [2.24, 2.45) is 0 Å². The lowest BCUT2D eigenvalue weighted by Gasteiger charge is -2.40. The fraction of sp³-hybridized carbons (Fsp3) is 0.357. The van der Waals surface area contributed by atoms with Gasteiger partial charge in [-0.1, -0.05) is 49.4 Å². The summed E-state index contributed by atoms with van der Waals surface area (Å²) >= 11 is 0. The van der Waals surface area contributed by atoms with E-state index in [1.165, 1.54) is 5.57 Å². The number of allylic oxidation sites excluding steroid dienone is 1. The van der Waals surface area contributed by atoms with Crippen LogP contribution >= 0.6 is 0 Å². The number of carbonyl (C=O) groups excluding carboxylic acids is 1. The number of aliphatic carboxylic acids is 1. The van der Waals surface area contributed by atoms with E-state index in [9.17, 15) is 9.59 Å². The molecule has 1 unspecified atom stereocenters. The number of rotatable bonds is 8. The highest BCUT2D eigenvalue weighted by atomic mass is 16.5. The number of carbonyl (C=O) groups is 2. The molecule has 1 amide bonds. The van der Waals surface area contributed by atoms with E-state index in [-0.39, 0.29) is 5.41 Å². The number of ether oxygens (including phenoxy) is 1. The smallest absolute Gasteiger partial charge is 0.328 e. The van der Waals surface area contributed by atoms with E-state index in [4.69, 9.17) is 15.1 Å². The zero-order chi connectivity index (χ0) is 24.9. The Bertz CT molecular complexity index is 1100. The zero-order valence-electron chi connectivity index (χ0n) is 20.1. The van der Waals surface area contributed by atoms with E-state index in [0.717, 1.165) is 60.4 Å². The average Bonchev–Trinajstić information content (AvgIpc) is 2.82. The highest BCUT2D eigenvalue weighted by molar-refractivity contribution is 5.85. The predicted octanol–water partition coefficient (Wildman–Crippen LogP) is 5.89. The highest BCUT2D eigenvalue weighted by Gasteiger charge is 2.38. The van der Waals surface area contributed by atoms with Gasteiger partial charge in [-0.15, -0.1) is 0 Å². The first-order valence-electron chi connectivity index (χ1n) is 11.6. The quantitative estimate of drug-likeness (QED) is 0.196. The lowest BCUT2D eigenvalue weighted by molar-refractivity contribution is -0.143. The van der Waals surface area contributed by atoms with Crippen molar-refractivity contribution in [3.05, 3.63) is 71.8 Å². The summed E-state index contributed by atoms with van der Waals surface area (Å²) in [5.41, 5.74) is 5.32. The van der Waals surface area contributed by atoms with Crippen LogP contribution in [0.1, 0.15) is 64.0 Å². The van der Waals surface area contributed by atoms with Crippen LogP contribution in [0.3, 0.4) is 0 Å². The summed E-state index contributed by atoms with van der Waals surface area (Å²) in [4.78, 5) is 23.0. The summed E-state index contributed by atoms with van der Waals surface area (Å²) in [7, 11) is 0. The molecule has 0 aromatic heterocycles. The van der Waals surface area contributed by atoms with Gasteiger partial charge in [0, 0.05) is 17.1 Å². The van der Waals surface area contributed by atoms with E-state index < -0.39 is 17.5 Å². The van der Waals surface area contributed by atoms with Gasteiger partial charge in [0.05, 0.1) is 0 Å². The van der Waals surface area contributed by atoms with Gasteiger partial charge in [0.2, 0.25) is 0 Å². The van der Waals surface area contributed by atoms with Gasteiger partial charge in [-0.05, 0) is 80.9 Å². The lowest BCUT2D eigenvalue weighted by atomic mass is 9.66. The molecule has 2 aromatic carbocycles. The fourth-order valence-corrected chi connectivity index (χ4v) is 4.68. The van der Waals surface area contributed by atoms with Crippen LogP contribution < -0.4 is 10.2 Å². The summed E-state index contributed by atoms with van der Waals surface area (Å²) < 4.78 is 6.20. The van der Waals surface area contributed by atoms with Gasteiger partial charge in [-0.2, -0.15) is 0 Å². The third-order valence-electron chi connectivity index (χ3n) is 6.68. The molecule has 34 heavy (non-hydrogen) atoms. The van der Waals surface area contributed by atoms with Gasteiger partial charge < -0.3 is 9.84 Å². The zero-order valence-corrected chi connectivity index (χ0v) is 20.1. The van der Waals surface area contributed by atoms with E-state index in [1.807, 2.05) is 36.4 Å². The molecule has 0 heterocycles. The largest absolute Gasteiger partial charge is 0.478 e. The molecule has 1 fully saturated rings. The topological polar surface area (TPSA) is 95.9 Å². The summed E-state index contributed by atoms with van der Waals surface area (Å²) in [6.07, 6.45) is 7.48. The first-order valence-corrected chi connectivity index (χ1v) is 11.6. The maximum atomic E-state index is 12.2. The second-order valence-corrected chi connectivity index (χ2v) is 9.47. The van der Waals surface area contributed by atoms with E-state index in [0.29, 0.717) is 5.75 Å². The van der Waals surface area contributed by atoms with Crippen LogP contribution in [0.25, 0.3) is 17.2 Å². The van der Waals surface area contributed by atoms with Gasteiger partial charge in [0.1, 0.15) is 5.75 Å². The van der Waals surface area contributed by atoms with Gasteiger partial charge in [-0.25, -0.2) is 10.3 Å². The molecule has 180 valence electrons. The molecule has 6 nitrogen and oxygen atoms in total. The molecule has 0 saturated heterocycles. The van der Waals surface area contributed by atoms with Crippen molar-refractivity contribution in [2.75, 3.05) is 0 Å². The second-order valence-electron chi connectivity index (χ2n) is 9.47. The Morgan fingerprint density at radius 1 is 1.18 bits per heavy atom. The lowest BCUT2D eigenvalue weighted by Crippen LogP contribution is -2.45. The standard InChI is InChI=1S/C28H33NO5/c1-5-28(16-6-7-19(2)18-28)23-17-22(13-14-24(23)34-27(3,4)26(32)29-33)21-11-8-20(9-12-21)10-15-25(30)31/h8-15,17,33H,2,5-7,16,18H2,1,3-4H3,(H,29,32)(H,30,31)/b15-10+. The molecule has 1 aliphatic carbocycles. The van der Waals surface area contributed by atoms with Crippen LogP contribution in [0.5, 0.6) is 5.75 Å². The van der Waals surface area contributed by atoms with Crippen molar-refractivity contribution in [3.8, 4) is 16.9 Å². The first kappa shape index (κ1) is 25.2. The number of hydroxylamine groups is 1. The molecule has 3 rings (SSSR count). The van der Waals surface area contributed by atoms with Gasteiger partial charge >= 0.3 is 5.97 Å². The van der Waals surface area contributed by atoms with Crippen molar-refractivity contribution in [1.82, 2.24) is 5.48 Å². The molecule has 0 radical (unpaired) electrons. The Morgan fingerprint density at radius 2 is 1.85 bits per heavy atom. The summed E-state index contributed by atoms with van der Waals surface area (Å²) in [5, 5.41) is 18.0. The van der Waals surface area contributed by atoms with Crippen molar-refractivity contribution < 1.29 is 24.6 Å². The van der Waals surface area contributed by atoms with Crippen LogP contribution in [0, 0.1) is 0 Å². The molecule has 1 aliphatic rings. The van der Waals surface area contributed by atoms with Crippen LogP contribution in [0.2, 0.25) is 0 Å². The SMILES string of the molecule is C=C1CCCC(CC)(c2cc(-c3ccc(/C=C/C(=O)O)cc3)ccc2OC(C)(C)C(=O)NO)C1. The number of hydrogen-bond donors (Lipinski definition) is 3. The molecule has 1 atom stereocenters. The number of amides is 1. The molecule has 6 heteroatoms. The monoisotopic (exact) mass is 463 g/mol. The Morgan fingerprint density at radius 3 is 2.44 bits per heavy atom. The second kappa shape index (κ2) is 10.3. The Hall–Kier alpha value is -3.38. The van der Waals surface area contributed by atoms with Crippen LogP contribution in [0.4, 0.5) is 0 Å². The number of carboxylic acid groups (broad SMARTS) is 1. The van der Waals surface area contributed by atoms with Crippen molar-refractivity contribution in [1.29, 1.82) is 0 Å². The van der Waals surface area contributed by atoms with Gasteiger partial charge in [0.15, 0.2) is 5.60 Å². The van der Waals surface area contributed by atoms with Crippen LogP contribution in [0.15, 0.2) is 60.7 Å². The minimum Gasteiger partial charge on any atom is -0.478 e. The van der Waals surface area contributed by atoms with Crippen molar-refractivity contribution in [2.45, 2.75) is 63.9 Å². The average molecular weight is 464 g/mol. The van der Waals surface area contributed by atoms with E-state index >= 15 is 0 Å². The first-order chi connectivity index (χ1) is 16.1. The molecule has 2 aromatic rings. The minimum absolute atomic E-state index is 0.156. The number of nitrogens with one attached hydrogen (secondary N) is 1. The molecule has 1 saturated carbocycles. The summed E-state index contributed by atoms with van der Waals surface area (Å²) in [5.74, 6) is -0.984. The molecular weight excluding hydrogens is 430 g/mol. The third-order valence-corrected chi connectivity index (χ3v) is 6.68. The van der Waals surface area contributed by atoms with E-state index in [1.54, 1.807) is 25.4 Å². The van der Waals surface area contributed by atoms with Crippen molar-refractivity contribution in [3.63, 3.8) is 0 Å². The fourth-order valence-electron chi connectivity index (χ4n) is 4.68. The van der Waals surface area contributed by atoms with Crippen LogP contribution in [-0.2, 0) is 15.0 Å². The maximum absolute atomic E-state index is 12.2. The van der Waals surface area contributed by atoms with Crippen LogP contribution in [-0.4, -0.2) is 27.8 Å². The molecule has 0 spiro atoms. The van der Waals surface area contributed by atoms with E-state index in [2.05, 4.69) is 19.6 Å². The number of hydrogen-bond acceptors (Lipinski definition) is 4. The Labute approximate surface area is 200 Å². The molecule has 3 N–H and O–H groups in total. The highest BCUT2D eigenvalue weighted by Crippen LogP contribution is 2.48. The molecule has 0 aliphatic heterocycles.